The molecule has 0 fully saturated rings. The van der Waals surface area contributed by atoms with Crippen LogP contribution in [-0.4, -0.2) is 27.3 Å². The van der Waals surface area contributed by atoms with Crippen molar-refractivity contribution in [2.24, 2.45) is 0 Å². The van der Waals surface area contributed by atoms with Crippen LogP contribution in [-0.2, 0) is 9.59 Å². The van der Waals surface area contributed by atoms with Crippen molar-refractivity contribution in [3.8, 4) is 0 Å². The summed E-state index contributed by atoms with van der Waals surface area (Å²) in [6.07, 6.45) is 0. The van der Waals surface area contributed by atoms with E-state index in [0.717, 1.165) is 0 Å². The first kappa shape index (κ1) is 10.8. The minimum absolute atomic E-state index is 0.150. The third kappa shape index (κ3) is 2.34. The molecule has 5 heteroatoms. The monoisotopic (exact) mass is 208 g/mol. The van der Waals surface area contributed by atoms with E-state index in [9.17, 15) is 14.7 Å². The lowest BCUT2D eigenvalue weighted by Gasteiger charge is -2.02. The molecule has 0 unspecified atom stereocenters. The first-order valence-corrected chi connectivity index (χ1v) is 3.99. The topological polar surface area (TPSA) is 94.8 Å². The average molecular weight is 208 g/mol. The van der Waals surface area contributed by atoms with E-state index in [1.165, 1.54) is 12.1 Å². The fourth-order valence-electron chi connectivity index (χ4n) is 1.03. The normalized spacial score (nSPS) is 9.33. The number of aliphatic hydroxyl groups is 1. The summed E-state index contributed by atoms with van der Waals surface area (Å²) in [5.74, 6) is -4.11. The molecule has 0 saturated heterocycles. The number of carbonyl (C=O) groups is 2. The molecule has 5 nitrogen and oxygen atoms in total. The zero-order valence-electron chi connectivity index (χ0n) is 7.54. The molecule has 0 aromatic heterocycles. The second kappa shape index (κ2) is 4.28. The van der Waals surface area contributed by atoms with Crippen molar-refractivity contribution in [3.63, 3.8) is 0 Å². The van der Waals surface area contributed by atoms with Gasteiger partial charge in [0.1, 0.15) is 5.76 Å². The number of rotatable bonds is 3. The minimum atomic E-state index is -1.68. The maximum atomic E-state index is 10.6. The lowest BCUT2D eigenvalue weighted by molar-refractivity contribution is -0.140. The molecule has 0 amide bonds. The van der Waals surface area contributed by atoms with Gasteiger partial charge in [0, 0.05) is 5.56 Å². The molecule has 0 aliphatic carbocycles. The van der Waals surface area contributed by atoms with Crippen LogP contribution in [0.2, 0.25) is 0 Å². The number of benzene rings is 1. The van der Waals surface area contributed by atoms with Gasteiger partial charge in [-0.2, -0.15) is 0 Å². The van der Waals surface area contributed by atoms with Gasteiger partial charge in [0.05, 0.1) is 0 Å². The van der Waals surface area contributed by atoms with Gasteiger partial charge in [0.2, 0.25) is 0 Å². The van der Waals surface area contributed by atoms with Crippen molar-refractivity contribution in [2.45, 2.75) is 0 Å². The molecule has 0 heterocycles. The van der Waals surface area contributed by atoms with Gasteiger partial charge >= 0.3 is 11.9 Å². The van der Waals surface area contributed by atoms with Crippen LogP contribution < -0.4 is 0 Å². The molecule has 0 bridgehead atoms. The quantitative estimate of drug-likeness (QED) is 0.299. The summed E-state index contributed by atoms with van der Waals surface area (Å²) in [6, 6.07) is 7.63. The Hall–Kier alpha value is -2.30. The maximum absolute atomic E-state index is 10.6. The van der Waals surface area contributed by atoms with E-state index >= 15 is 0 Å². The molecule has 1 rings (SSSR count). The van der Waals surface area contributed by atoms with Crippen molar-refractivity contribution in [3.05, 3.63) is 41.5 Å². The molecule has 78 valence electrons. The lowest BCUT2D eigenvalue weighted by atomic mass is 10.1. The molecule has 0 radical (unpaired) electrons. The van der Waals surface area contributed by atoms with Crippen molar-refractivity contribution >= 4 is 17.7 Å². The standard InChI is InChI=1S/C10H8O5/c11-8(6-4-2-1-3-5-6)7(9(12)13)10(14)15/h1-5,11H,(H,12,13)(H,14,15). The van der Waals surface area contributed by atoms with Crippen LogP contribution in [0.1, 0.15) is 5.56 Å². The fourth-order valence-corrected chi connectivity index (χ4v) is 1.03. The molecule has 0 aliphatic heterocycles. The fraction of sp³-hybridized carbons (Fsp3) is 0. The highest BCUT2D eigenvalue weighted by molar-refractivity contribution is 6.17. The highest BCUT2D eigenvalue weighted by Gasteiger charge is 2.22. The van der Waals surface area contributed by atoms with Gasteiger partial charge in [0.15, 0.2) is 5.57 Å². The first-order valence-electron chi connectivity index (χ1n) is 3.99. The van der Waals surface area contributed by atoms with Crippen LogP contribution in [0.3, 0.4) is 0 Å². The van der Waals surface area contributed by atoms with E-state index in [0.29, 0.717) is 0 Å². The molecule has 3 N–H and O–H groups in total. The van der Waals surface area contributed by atoms with E-state index < -0.39 is 23.3 Å². The van der Waals surface area contributed by atoms with E-state index in [-0.39, 0.29) is 5.56 Å². The van der Waals surface area contributed by atoms with Crippen LogP contribution in [0.5, 0.6) is 0 Å². The highest BCUT2D eigenvalue weighted by atomic mass is 16.4. The molecule has 0 atom stereocenters. The predicted molar refractivity (Wildman–Crippen MR) is 51.3 cm³/mol. The van der Waals surface area contributed by atoms with Crippen LogP contribution >= 0.6 is 0 Å². The van der Waals surface area contributed by atoms with Gasteiger partial charge in [-0.15, -0.1) is 0 Å². The van der Waals surface area contributed by atoms with Gasteiger partial charge in [-0.1, -0.05) is 30.3 Å². The van der Waals surface area contributed by atoms with E-state index in [4.69, 9.17) is 10.2 Å². The zero-order valence-corrected chi connectivity index (χ0v) is 7.54. The number of carboxylic acids is 2. The number of hydrogen-bond acceptors (Lipinski definition) is 3. The van der Waals surface area contributed by atoms with E-state index in [1.54, 1.807) is 18.2 Å². The molecular weight excluding hydrogens is 200 g/mol. The van der Waals surface area contributed by atoms with Gasteiger partial charge in [-0.05, 0) is 0 Å². The second-order valence-corrected chi connectivity index (χ2v) is 2.70. The number of carboxylic acid groups (broad SMARTS) is 2. The Morgan fingerprint density at radius 3 is 1.73 bits per heavy atom. The van der Waals surface area contributed by atoms with E-state index in [1.807, 2.05) is 0 Å². The lowest BCUT2D eigenvalue weighted by Crippen LogP contribution is -2.13. The molecule has 15 heavy (non-hydrogen) atoms. The number of aliphatic hydroxyl groups excluding tert-OH is 1. The second-order valence-electron chi connectivity index (χ2n) is 2.70. The Bertz CT molecular complexity index is 403. The smallest absolute Gasteiger partial charge is 0.347 e. The summed E-state index contributed by atoms with van der Waals surface area (Å²) >= 11 is 0. The van der Waals surface area contributed by atoms with Gasteiger partial charge in [-0.3, -0.25) is 0 Å². The summed E-state index contributed by atoms with van der Waals surface area (Å²) in [4.78, 5) is 21.1. The summed E-state index contributed by atoms with van der Waals surface area (Å²) in [7, 11) is 0. The molecule has 1 aromatic carbocycles. The molecule has 0 aliphatic rings. The molecular formula is C10H8O5. The Balaban J connectivity index is 3.29. The minimum Gasteiger partial charge on any atom is -0.506 e. The maximum Gasteiger partial charge on any atom is 0.347 e. The van der Waals surface area contributed by atoms with Crippen LogP contribution in [0.4, 0.5) is 0 Å². The van der Waals surface area contributed by atoms with E-state index in [2.05, 4.69) is 0 Å². The van der Waals surface area contributed by atoms with Crippen molar-refractivity contribution in [2.75, 3.05) is 0 Å². The largest absolute Gasteiger partial charge is 0.506 e. The highest BCUT2D eigenvalue weighted by Crippen LogP contribution is 2.15. The third-order valence-electron chi connectivity index (χ3n) is 1.71. The van der Waals surface area contributed by atoms with Gasteiger partial charge < -0.3 is 15.3 Å². The van der Waals surface area contributed by atoms with Crippen LogP contribution in [0.15, 0.2) is 35.9 Å². The van der Waals surface area contributed by atoms with Crippen molar-refractivity contribution in [1.29, 1.82) is 0 Å². The number of hydrogen-bond donors (Lipinski definition) is 3. The van der Waals surface area contributed by atoms with Gasteiger partial charge in [0.25, 0.3) is 0 Å². The van der Waals surface area contributed by atoms with Crippen LogP contribution in [0.25, 0.3) is 5.76 Å². The summed E-state index contributed by atoms with van der Waals surface area (Å²) < 4.78 is 0. The van der Waals surface area contributed by atoms with Crippen molar-refractivity contribution < 1.29 is 24.9 Å². The zero-order chi connectivity index (χ0) is 11.4. The van der Waals surface area contributed by atoms with Gasteiger partial charge in [-0.25, -0.2) is 9.59 Å². The average Bonchev–Trinajstić information content (AvgIpc) is 2.18. The Labute approximate surface area is 84.9 Å². The summed E-state index contributed by atoms with van der Waals surface area (Å²) in [6.45, 7) is 0. The summed E-state index contributed by atoms with van der Waals surface area (Å²) in [5, 5.41) is 26.6. The number of aliphatic carboxylic acids is 2. The Morgan fingerprint density at radius 1 is 0.867 bits per heavy atom. The van der Waals surface area contributed by atoms with Crippen LogP contribution in [0, 0.1) is 0 Å². The molecule has 1 aromatic rings. The third-order valence-corrected chi connectivity index (χ3v) is 1.71. The first-order chi connectivity index (χ1) is 7.04. The summed E-state index contributed by atoms with van der Waals surface area (Å²) in [5.41, 5.74) is -0.890. The predicted octanol–water partition coefficient (Wildman–Crippen LogP) is 1.12. The SMILES string of the molecule is O=C(O)C(C(=O)O)=C(O)c1ccccc1. The molecule has 0 saturated carbocycles. The van der Waals surface area contributed by atoms with Crippen molar-refractivity contribution in [1.82, 2.24) is 0 Å². The Kier molecular flexibility index (Phi) is 3.07. The molecule has 0 spiro atoms. The Morgan fingerprint density at radius 2 is 1.33 bits per heavy atom.